The Hall–Kier alpha value is -1.13. The lowest BCUT2D eigenvalue weighted by Gasteiger charge is -2.22. The molecule has 88 valence electrons. The van der Waals surface area contributed by atoms with Crippen LogP contribution in [0.5, 0.6) is 0 Å². The molecule has 0 radical (unpaired) electrons. The van der Waals surface area contributed by atoms with E-state index in [0.717, 1.165) is 12.0 Å². The summed E-state index contributed by atoms with van der Waals surface area (Å²) in [4.78, 5) is 11.6. The smallest absolute Gasteiger partial charge is 0.325 e. The van der Waals surface area contributed by atoms with Gasteiger partial charge in [-0.3, -0.25) is 10.1 Å². The Morgan fingerprint density at radius 2 is 2.44 bits per heavy atom. The highest BCUT2D eigenvalue weighted by molar-refractivity contribution is 5.81. The van der Waals surface area contributed by atoms with Crippen molar-refractivity contribution in [2.45, 2.75) is 37.5 Å². The number of rotatable bonds is 2. The number of aliphatic hydroxyl groups excluding tert-OH is 1. The lowest BCUT2D eigenvalue weighted by Crippen LogP contribution is -2.48. The monoisotopic (exact) mass is 223 g/mol. The number of esters is 1. The van der Waals surface area contributed by atoms with Crippen molar-refractivity contribution in [1.82, 2.24) is 5.32 Å². The Labute approximate surface area is 95.0 Å². The molecule has 4 nitrogen and oxygen atoms in total. The van der Waals surface area contributed by atoms with E-state index in [2.05, 4.69) is 5.32 Å². The van der Waals surface area contributed by atoms with E-state index in [1.54, 1.807) is 6.92 Å². The molecule has 1 fully saturated rings. The minimum atomic E-state index is -0.776. The quantitative estimate of drug-likeness (QED) is 0.670. The summed E-state index contributed by atoms with van der Waals surface area (Å²) in [5, 5.41) is 13.2. The Morgan fingerprint density at radius 3 is 3.00 bits per heavy atom. The van der Waals surface area contributed by atoms with Crippen LogP contribution in [0.3, 0.4) is 0 Å². The molecule has 2 aliphatic rings. The van der Waals surface area contributed by atoms with Gasteiger partial charge in [0.15, 0.2) is 0 Å². The van der Waals surface area contributed by atoms with Gasteiger partial charge < -0.3 is 9.84 Å². The summed E-state index contributed by atoms with van der Waals surface area (Å²) >= 11 is 0. The summed E-state index contributed by atoms with van der Waals surface area (Å²) in [6, 6.07) is -0.140. The fraction of sp³-hybridized carbons (Fsp3) is 0.583. The van der Waals surface area contributed by atoms with E-state index >= 15 is 0 Å². The number of carbonyl (C=O) groups is 1. The third-order valence-electron chi connectivity index (χ3n) is 3.31. The number of hydrogen-bond acceptors (Lipinski definition) is 4. The van der Waals surface area contributed by atoms with Crippen LogP contribution in [0.4, 0.5) is 0 Å². The Kier molecular flexibility index (Phi) is 2.86. The summed E-state index contributed by atoms with van der Waals surface area (Å²) in [5.41, 5.74) is 0.350. The predicted octanol–water partition coefficient (Wildman–Crippen LogP) is 0.527. The van der Waals surface area contributed by atoms with Gasteiger partial charge in [0.05, 0.1) is 19.3 Å². The lowest BCUT2D eigenvalue weighted by molar-refractivity contribution is -0.147. The van der Waals surface area contributed by atoms with Crippen LogP contribution in [0.25, 0.3) is 0 Å². The number of nitrogens with one attached hydrogen (secondary N) is 1. The molecule has 2 rings (SSSR count). The maximum atomic E-state index is 11.6. The first-order valence-corrected chi connectivity index (χ1v) is 5.46. The predicted molar refractivity (Wildman–Crippen MR) is 59.8 cm³/mol. The number of hydrogen-bond donors (Lipinski definition) is 2. The molecule has 1 heterocycles. The first kappa shape index (κ1) is 11.4. The van der Waals surface area contributed by atoms with Crippen molar-refractivity contribution in [2.75, 3.05) is 7.11 Å². The van der Waals surface area contributed by atoms with E-state index in [0.29, 0.717) is 6.42 Å². The molecule has 0 bridgehead atoms. The average Bonchev–Trinajstić information content (AvgIpc) is 2.85. The van der Waals surface area contributed by atoms with Gasteiger partial charge >= 0.3 is 5.97 Å². The van der Waals surface area contributed by atoms with Crippen molar-refractivity contribution in [1.29, 1.82) is 0 Å². The Bertz CT molecular complexity index is 361. The molecule has 1 unspecified atom stereocenters. The van der Waals surface area contributed by atoms with Crippen LogP contribution in [0.1, 0.15) is 19.8 Å². The van der Waals surface area contributed by atoms with Crippen LogP contribution < -0.4 is 5.32 Å². The SMILES string of the molecule is COC(=O)[C@@]1(C)C[C@H](O)C(C2=CC=CC2)N1. The van der Waals surface area contributed by atoms with Crippen LogP contribution in [0.15, 0.2) is 23.8 Å². The van der Waals surface area contributed by atoms with Gasteiger partial charge in [-0.15, -0.1) is 0 Å². The molecule has 2 N–H and O–H groups in total. The normalized spacial score (nSPS) is 37.6. The maximum absolute atomic E-state index is 11.6. The summed E-state index contributed by atoms with van der Waals surface area (Å²) in [7, 11) is 1.37. The van der Waals surface area contributed by atoms with E-state index in [1.807, 2.05) is 18.2 Å². The number of carbonyl (C=O) groups excluding carboxylic acids is 1. The lowest BCUT2D eigenvalue weighted by atomic mass is 9.98. The van der Waals surface area contributed by atoms with E-state index < -0.39 is 11.6 Å². The number of ether oxygens (including phenoxy) is 1. The summed E-state index contributed by atoms with van der Waals surface area (Å²) in [6.45, 7) is 1.77. The van der Waals surface area contributed by atoms with Crippen LogP contribution in [-0.4, -0.2) is 35.9 Å². The second kappa shape index (κ2) is 4.03. The molecule has 0 saturated carbocycles. The number of aliphatic hydroxyl groups is 1. The van der Waals surface area contributed by atoms with Gasteiger partial charge in [0.25, 0.3) is 0 Å². The van der Waals surface area contributed by atoms with Gasteiger partial charge in [-0.1, -0.05) is 18.2 Å². The third-order valence-corrected chi connectivity index (χ3v) is 3.31. The van der Waals surface area contributed by atoms with Crippen molar-refractivity contribution in [3.63, 3.8) is 0 Å². The largest absolute Gasteiger partial charge is 0.468 e. The zero-order valence-electron chi connectivity index (χ0n) is 9.56. The van der Waals surface area contributed by atoms with Gasteiger partial charge in [-0.2, -0.15) is 0 Å². The van der Waals surface area contributed by atoms with Crippen molar-refractivity contribution >= 4 is 5.97 Å². The summed E-state index contributed by atoms with van der Waals surface area (Å²) in [6.07, 6.45) is 6.70. The molecule has 0 aromatic rings. The molecular formula is C12H17NO3. The fourth-order valence-electron chi connectivity index (χ4n) is 2.44. The minimum absolute atomic E-state index is 0.140. The molecule has 0 spiro atoms. The Balaban J connectivity index is 2.12. The highest BCUT2D eigenvalue weighted by Gasteiger charge is 2.47. The van der Waals surface area contributed by atoms with Gasteiger partial charge in [0.2, 0.25) is 0 Å². The highest BCUT2D eigenvalue weighted by atomic mass is 16.5. The molecule has 1 aliphatic heterocycles. The van der Waals surface area contributed by atoms with E-state index in [4.69, 9.17) is 4.74 Å². The molecule has 16 heavy (non-hydrogen) atoms. The number of methoxy groups -OCH3 is 1. The van der Waals surface area contributed by atoms with Crippen molar-refractivity contribution < 1.29 is 14.6 Å². The van der Waals surface area contributed by atoms with Crippen molar-refractivity contribution in [3.05, 3.63) is 23.8 Å². The van der Waals surface area contributed by atoms with Gasteiger partial charge in [-0.05, 0) is 18.9 Å². The molecule has 3 atom stereocenters. The van der Waals surface area contributed by atoms with Gasteiger partial charge in [-0.25, -0.2) is 0 Å². The summed E-state index contributed by atoms with van der Waals surface area (Å²) in [5.74, 6) is -0.319. The Morgan fingerprint density at radius 1 is 1.69 bits per heavy atom. The zero-order chi connectivity index (χ0) is 11.8. The first-order valence-electron chi connectivity index (χ1n) is 5.46. The van der Waals surface area contributed by atoms with E-state index in [1.165, 1.54) is 7.11 Å². The first-order chi connectivity index (χ1) is 7.57. The van der Waals surface area contributed by atoms with Crippen LogP contribution >= 0.6 is 0 Å². The molecule has 0 aromatic carbocycles. The van der Waals surface area contributed by atoms with E-state index in [-0.39, 0.29) is 12.0 Å². The van der Waals surface area contributed by atoms with Gasteiger partial charge in [0.1, 0.15) is 5.54 Å². The average molecular weight is 223 g/mol. The second-order valence-electron chi connectivity index (χ2n) is 4.59. The number of allylic oxidation sites excluding steroid dienone is 3. The van der Waals surface area contributed by atoms with Crippen LogP contribution in [0, 0.1) is 0 Å². The fourth-order valence-corrected chi connectivity index (χ4v) is 2.44. The maximum Gasteiger partial charge on any atom is 0.325 e. The molecular weight excluding hydrogens is 206 g/mol. The molecule has 0 amide bonds. The van der Waals surface area contributed by atoms with Crippen LogP contribution in [-0.2, 0) is 9.53 Å². The zero-order valence-corrected chi connectivity index (χ0v) is 9.56. The highest BCUT2D eigenvalue weighted by Crippen LogP contribution is 2.31. The van der Waals surface area contributed by atoms with Crippen LogP contribution in [0.2, 0.25) is 0 Å². The molecule has 0 aromatic heterocycles. The third kappa shape index (κ3) is 1.79. The minimum Gasteiger partial charge on any atom is -0.468 e. The molecule has 1 aliphatic carbocycles. The summed E-state index contributed by atoms with van der Waals surface area (Å²) < 4.78 is 4.75. The van der Waals surface area contributed by atoms with Gasteiger partial charge in [0, 0.05) is 6.42 Å². The molecule has 4 heteroatoms. The van der Waals surface area contributed by atoms with Crippen molar-refractivity contribution in [2.24, 2.45) is 0 Å². The standard InChI is InChI=1S/C12H17NO3/c1-12(11(15)16-2)7-9(14)10(13-12)8-5-3-4-6-8/h3-5,9-10,13-14H,6-7H2,1-2H3/t9-,10?,12+/m0/s1. The topological polar surface area (TPSA) is 58.6 Å². The van der Waals surface area contributed by atoms with E-state index in [9.17, 15) is 9.90 Å². The molecule has 1 saturated heterocycles. The van der Waals surface area contributed by atoms with Crippen molar-refractivity contribution in [3.8, 4) is 0 Å². The second-order valence-corrected chi connectivity index (χ2v) is 4.59.